The van der Waals surface area contributed by atoms with E-state index in [9.17, 15) is 9.59 Å². The van der Waals surface area contributed by atoms with E-state index in [0.717, 1.165) is 33.1 Å². The van der Waals surface area contributed by atoms with E-state index in [1.54, 1.807) is 6.07 Å². The molecule has 1 amide bonds. The van der Waals surface area contributed by atoms with Gasteiger partial charge in [-0.2, -0.15) is 0 Å². The lowest BCUT2D eigenvalue weighted by Crippen LogP contribution is -2.27. The lowest BCUT2D eigenvalue weighted by molar-refractivity contribution is 0.0952. The van der Waals surface area contributed by atoms with Gasteiger partial charge in [0.2, 0.25) is 0 Å². The molecule has 5 heteroatoms. The summed E-state index contributed by atoms with van der Waals surface area (Å²) in [5.74, 6) is -0.222. The van der Waals surface area contributed by atoms with Crippen LogP contribution < -0.4 is 10.9 Å². The molecule has 0 aliphatic rings. The summed E-state index contributed by atoms with van der Waals surface area (Å²) < 4.78 is 0. The highest BCUT2D eigenvalue weighted by atomic mass is 16.1. The van der Waals surface area contributed by atoms with Crippen molar-refractivity contribution >= 4 is 27.7 Å². The van der Waals surface area contributed by atoms with Gasteiger partial charge in [-0.15, -0.1) is 0 Å². The number of nitrogens with zero attached hydrogens (tertiary/aromatic N) is 1. The van der Waals surface area contributed by atoms with Crippen LogP contribution in [0.4, 0.5) is 0 Å². The van der Waals surface area contributed by atoms with Crippen LogP contribution in [0.1, 0.15) is 27.2 Å². The van der Waals surface area contributed by atoms with Gasteiger partial charge in [0.1, 0.15) is 0 Å². The number of para-hydroxylation sites is 1. The number of hydrogen-bond donors (Lipinski definition) is 2. The van der Waals surface area contributed by atoms with E-state index in [0.29, 0.717) is 11.1 Å². The monoisotopic (exact) mass is 357 g/mol. The molecular weight excluding hydrogens is 338 g/mol. The molecule has 0 spiro atoms. The molecule has 4 aromatic rings. The topological polar surface area (TPSA) is 74.8 Å². The largest absolute Gasteiger partial charge is 0.348 e. The first-order valence-electron chi connectivity index (χ1n) is 8.78. The average Bonchev–Trinajstić information content (AvgIpc) is 2.65. The Morgan fingerprint density at radius 2 is 1.89 bits per heavy atom. The summed E-state index contributed by atoms with van der Waals surface area (Å²) in [6.45, 7) is 4.00. The van der Waals surface area contributed by atoms with Crippen molar-refractivity contribution in [3.8, 4) is 0 Å². The fourth-order valence-electron chi connectivity index (χ4n) is 3.26. The van der Waals surface area contributed by atoms with Gasteiger partial charge < -0.3 is 10.3 Å². The highest BCUT2D eigenvalue weighted by Crippen LogP contribution is 2.18. The number of carbonyl (C=O) groups is 1. The van der Waals surface area contributed by atoms with E-state index in [1.165, 1.54) is 0 Å². The molecule has 2 N–H and O–H groups in total. The first-order chi connectivity index (χ1) is 13.0. The smallest absolute Gasteiger partial charge is 0.253 e. The van der Waals surface area contributed by atoms with Crippen LogP contribution in [0.25, 0.3) is 21.8 Å². The summed E-state index contributed by atoms with van der Waals surface area (Å²) in [4.78, 5) is 32.4. The number of H-pyrrole nitrogens is 1. The van der Waals surface area contributed by atoms with Crippen LogP contribution in [0.15, 0.2) is 59.4 Å². The first-order valence-corrected chi connectivity index (χ1v) is 8.78. The van der Waals surface area contributed by atoms with Gasteiger partial charge in [-0.25, -0.2) is 0 Å². The maximum atomic E-state index is 12.8. The molecule has 0 radical (unpaired) electrons. The Kier molecular flexibility index (Phi) is 4.20. The molecule has 27 heavy (non-hydrogen) atoms. The molecule has 0 aliphatic heterocycles. The van der Waals surface area contributed by atoms with Crippen molar-refractivity contribution in [1.82, 2.24) is 15.3 Å². The van der Waals surface area contributed by atoms with Crippen LogP contribution in [0.5, 0.6) is 0 Å². The van der Waals surface area contributed by atoms with Crippen LogP contribution in [-0.4, -0.2) is 15.9 Å². The molecule has 0 atom stereocenters. The molecule has 2 heterocycles. The molecule has 2 aromatic carbocycles. The van der Waals surface area contributed by atoms with Gasteiger partial charge in [-0.1, -0.05) is 30.3 Å². The third-order valence-corrected chi connectivity index (χ3v) is 4.61. The number of rotatable bonds is 3. The minimum absolute atomic E-state index is 0.160. The Bertz CT molecular complexity index is 1240. The van der Waals surface area contributed by atoms with Gasteiger partial charge in [-0.05, 0) is 49.1 Å². The van der Waals surface area contributed by atoms with Crippen molar-refractivity contribution in [3.05, 3.63) is 87.3 Å². The zero-order valence-electron chi connectivity index (χ0n) is 15.2. The number of nitrogens with one attached hydrogen (secondary N) is 2. The summed E-state index contributed by atoms with van der Waals surface area (Å²) in [7, 11) is 0. The third kappa shape index (κ3) is 3.31. The van der Waals surface area contributed by atoms with E-state index >= 15 is 0 Å². The molecule has 0 bridgehead atoms. The Hall–Kier alpha value is -3.47. The van der Waals surface area contributed by atoms with Gasteiger partial charge in [0.05, 0.1) is 11.1 Å². The molecule has 0 fully saturated rings. The molecule has 134 valence electrons. The molecule has 0 unspecified atom stereocenters. The lowest BCUT2D eigenvalue weighted by Gasteiger charge is -2.09. The highest BCUT2D eigenvalue weighted by molar-refractivity contribution is 6.06. The van der Waals surface area contributed by atoms with Gasteiger partial charge in [0.25, 0.3) is 11.5 Å². The lowest BCUT2D eigenvalue weighted by atomic mass is 10.1. The van der Waals surface area contributed by atoms with Gasteiger partial charge in [-0.3, -0.25) is 14.6 Å². The first kappa shape index (κ1) is 17.0. The molecule has 0 aliphatic carbocycles. The van der Waals surface area contributed by atoms with Crippen LogP contribution >= 0.6 is 0 Å². The number of aromatic amines is 1. The second-order valence-electron chi connectivity index (χ2n) is 6.73. The van der Waals surface area contributed by atoms with Crippen molar-refractivity contribution in [3.63, 3.8) is 0 Å². The van der Waals surface area contributed by atoms with Crippen LogP contribution in [0, 0.1) is 13.8 Å². The van der Waals surface area contributed by atoms with Crippen LogP contribution in [-0.2, 0) is 6.54 Å². The van der Waals surface area contributed by atoms with E-state index in [1.807, 2.05) is 62.4 Å². The second-order valence-corrected chi connectivity index (χ2v) is 6.73. The fraction of sp³-hybridized carbons (Fsp3) is 0.136. The van der Waals surface area contributed by atoms with Crippen LogP contribution in [0.2, 0.25) is 0 Å². The fourth-order valence-corrected chi connectivity index (χ4v) is 3.26. The zero-order chi connectivity index (χ0) is 19.0. The standard InChI is InChI=1S/C22H19N3O2/c1-13-7-8-15-11-16(21(26)25-20(15)9-13)12-23-22(27)18-10-14(2)24-19-6-4-3-5-17(18)19/h3-11H,12H2,1-2H3,(H,23,27)(H,25,26). The average molecular weight is 357 g/mol. The predicted octanol–water partition coefficient (Wildman–Crippen LogP) is 3.62. The Morgan fingerprint density at radius 1 is 1.07 bits per heavy atom. The minimum Gasteiger partial charge on any atom is -0.348 e. The summed E-state index contributed by atoms with van der Waals surface area (Å²) >= 11 is 0. The maximum absolute atomic E-state index is 12.8. The molecule has 4 rings (SSSR count). The molecule has 5 nitrogen and oxygen atoms in total. The molecule has 0 saturated heterocycles. The number of aryl methyl sites for hydroxylation is 2. The number of aromatic nitrogens is 2. The molecule has 0 saturated carbocycles. The summed E-state index contributed by atoms with van der Waals surface area (Å²) in [5, 5.41) is 4.60. The Balaban J connectivity index is 1.63. The van der Waals surface area contributed by atoms with Crippen molar-refractivity contribution in [2.24, 2.45) is 0 Å². The van der Waals surface area contributed by atoms with Crippen molar-refractivity contribution in [2.75, 3.05) is 0 Å². The normalized spacial score (nSPS) is 11.0. The van der Waals surface area contributed by atoms with Gasteiger partial charge in [0.15, 0.2) is 0 Å². The minimum atomic E-state index is -0.222. The SMILES string of the molecule is Cc1ccc2cc(CNC(=O)c3cc(C)nc4ccccc34)c(=O)[nH]c2c1. The van der Waals surface area contributed by atoms with E-state index < -0.39 is 0 Å². The van der Waals surface area contributed by atoms with Crippen LogP contribution in [0.3, 0.4) is 0 Å². The number of pyridine rings is 2. The number of fused-ring (bicyclic) bond motifs is 2. The Morgan fingerprint density at radius 3 is 2.74 bits per heavy atom. The zero-order valence-corrected chi connectivity index (χ0v) is 15.2. The van der Waals surface area contributed by atoms with E-state index in [-0.39, 0.29) is 18.0 Å². The molecule has 2 aromatic heterocycles. The summed E-state index contributed by atoms with van der Waals surface area (Å²) in [6.07, 6.45) is 0. The van der Waals surface area contributed by atoms with Crippen molar-refractivity contribution in [2.45, 2.75) is 20.4 Å². The summed E-state index contributed by atoms with van der Waals surface area (Å²) in [6, 6.07) is 17.0. The Labute approximate surface area is 156 Å². The highest BCUT2D eigenvalue weighted by Gasteiger charge is 2.12. The molecular formula is C22H19N3O2. The van der Waals surface area contributed by atoms with Gasteiger partial charge >= 0.3 is 0 Å². The predicted molar refractivity (Wildman–Crippen MR) is 107 cm³/mol. The van der Waals surface area contributed by atoms with Crippen molar-refractivity contribution < 1.29 is 4.79 Å². The summed E-state index contributed by atoms with van der Waals surface area (Å²) in [5.41, 5.74) is 4.33. The number of amides is 1. The maximum Gasteiger partial charge on any atom is 0.253 e. The van der Waals surface area contributed by atoms with Crippen molar-refractivity contribution in [1.29, 1.82) is 0 Å². The second kappa shape index (κ2) is 6.68. The van der Waals surface area contributed by atoms with Gasteiger partial charge in [0, 0.05) is 28.7 Å². The quantitative estimate of drug-likeness (QED) is 0.588. The van der Waals surface area contributed by atoms with E-state index in [2.05, 4.69) is 15.3 Å². The number of hydrogen-bond acceptors (Lipinski definition) is 3. The number of benzene rings is 2. The third-order valence-electron chi connectivity index (χ3n) is 4.61. The van der Waals surface area contributed by atoms with E-state index in [4.69, 9.17) is 0 Å². The number of carbonyl (C=O) groups excluding carboxylic acids is 1.